The summed E-state index contributed by atoms with van der Waals surface area (Å²) in [5, 5.41) is 5.96. The molecular weight excluding hydrogens is 400 g/mol. The molecule has 0 aromatic carbocycles. The van der Waals surface area contributed by atoms with Crippen LogP contribution in [-0.4, -0.2) is 65.2 Å². The van der Waals surface area contributed by atoms with Gasteiger partial charge in [-0.2, -0.15) is 0 Å². The molecule has 0 spiro atoms. The summed E-state index contributed by atoms with van der Waals surface area (Å²) in [5.74, 6) is 2.48. The Hall–Kier alpha value is -2.94. The van der Waals surface area contributed by atoms with Crippen molar-refractivity contribution in [2.75, 3.05) is 49.1 Å². The van der Waals surface area contributed by atoms with Crippen LogP contribution in [0.2, 0.25) is 0 Å². The number of piperidine rings is 1. The lowest BCUT2D eigenvalue weighted by Crippen LogP contribution is -2.49. The summed E-state index contributed by atoms with van der Waals surface area (Å²) in [7, 11) is 0. The van der Waals surface area contributed by atoms with Gasteiger partial charge in [-0.15, -0.1) is 11.3 Å². The molecule has 2 fully saturated rings. The molecule has 3 aromatic rings. The number of carbonyl (C=O) groups is 1. The van der Waals surface area contributed by atoms with Gasteiger partial charge < -0.3 is 19.2 Å². The van der Waals surface area contributed by atoms with Crippen LogP contribution in [0.25, 0.3) is 10.6 Å². The summed E-state index contributed by atoms with van der Waals surface area (Å²) in [6, 6.07) is 7.72. The summed E-state index contributed by atoms with van der Waals surface area (Å²) in [6.45, 7) is 4.84. The third-order valence-corrected chi connectivity index (χ3v) is 6.59. The largest absolute Gasteiger partial charge is 0.356 e. The molecule has 2 aliphatic heterocycles. The van der Waals surface area contributed by atoms with Gasteiger partial charge in [-0.25, -0.2) is 9.97 Å². The van der Waals surface area contributed by atoms with Crippen molar-refractivity contribution in [1.82, 2.24) is 20.0 Å². The number of carbonyl (C=O) groups excluding carboxylic acids is 1. The van der Waals surface area contributed by atoms with E-state index in [1.165, 1.54) is 19.3 Å². The quantitative estimate of drug-likeness (QED) is 0.637. The van der Waals surface area contributed by atoms with Crippen LogP contribution in [0, 0.1) is 0 Å². The van der Waals surface area contributed by atoms with Crippen molar-refractivity contribution in [3.63, 3.8) is 0 Å². The standard InChI is InChI=1S/C21H24N6O2S/c28-21(16-13-17(29-24-16)18-5-4-12-30-18)27-10-8-26(9-11-27)20-14-19(22-15-23-20)25-6-2-1-3-7-25/h4-5,12-15H,1-3,6-11H2. The number of hydrogen-bond donors (Lipinski definition) is 0. The van der Waals surface area contributed by atoms with Crippen LogP contribution in [0.1, 0.15) is 29.8 Å². The SMILES string of the molecule is O=C(c1cc(-c2cccs2)on1)N1CCN(c2cc(N3CCCCC3)ncn2)CC1. The van der Waals surface area contributed by atoms with E-state index in [9.17, 15) is 4.79 Å². The molecule has 2 saturated heterocycles. The number of aromatic nitrogens is 3. The highest BCUT2D eigenvalue weighted by Gasteiger charge is 2.26. The molecule has 30 heavy (non-hydrogen) atoms. The minimum absolute atomic E-state index is 0.0853. The Bertz CT molecular complexity index is 991. The smallest absolute Gasteiger partial charge is 0.276 e. The minimum atomic E-state index is -0.0853. The van der Waals surface area contributed by atoms with Crippen LogP contribution < -0.4 is 9.80 Å². The summed E-state index contributed by atoms with van der Waals surface area (Å²) in [6.07, 6.45) is 5.38. The molecule has 0 atom stereocenters. The van der Waals surface area contributed by atoms with Gasteiger partial charge in [-0.1, -0.05) is 11.2 Å². The second-order valence-corrected chi connectivity index (χ2v) is 8.56. The first-order chi connectivity index (χ1) is 14.8. The zero-order valence-corrected chi connectivity index (χ0v) is 17.6. The number of piperazine rings is 1. The molecule has 5 heterocycles. The number of hydrogen-bond acceptors (Lipinski definition) is 8. The minimum Gasteiger partial charge on any atom is -0.356 e. The van der Waals surface area contributed by atoms with E-state index >= 15 is 0 Å². The molecule has 0 saturated carbocycles. The number of anilines is 2. The van der Waals surface area contributed by atoms with Crippen LogP contribution in [0.15, 0.2) is 40.5 Å². The third kappa shape index (κ3) is 3.89. The summed E-state index contributed by atoms with van der Waals surface area (Å²) in [5.41, 5.74) is 0.362. The van der Waals surface area contributed by atoms with Gasteiger partial charge in [0.05, 0.1) is 4.88 Å². The van der Waals surface area contributed by atoms with Gasteiger partial charge in [-0.3, -0.25) is 4.79 Å². The van der Waals surface area contributed by atoms with E-state index in [0.29, 0.717) is 24.5 Å². The topological polar surface area (TPSA) is 78.6 Å². The molecule has 3 aromatic heterocycles. The molecule has 0 aliphatic carbocycles. The molecule has 0 radical (unpaired) electrons. The van der Waals surface area contributed by atoms with Gasteiger partial charge in [0.1, 0.15) is 18.0 Å². The van der Waals surface area contributed by atoms with Crippen molar-refractivity contribution in [3.05, 3.63) is 41.7 Å². The highest BCUT2D eigenvalue weighted by molar-refractivity contribution is 7.13. The summed E-state index contributed by atoms with van der Waals surface area (Å²) >= 11 is 1.57. The third-order valence-electron chi connectivity index (χ3n) is 5.70. The summed E-state index contributed by atoms with van der Waals surface area (Å²) in [4.78, 5) is 29.2. The maximum Gasteiger partial charge on any atom is 0.276 e. The highest BCUT2D eigenvalue weighted by Crippen LogP contribution is 2.26. The van der Waals surface area contributed by atoms with Gasteiger partial charge in [0.15, 0.2) is 11.5 Å². The Morgan fingerprint density at radius 3 is 2.37 bits per heavy atom. The average Bonchev–Trinajstić information content (AvgIpc) is 3.52. The molecule has 5 rings (SSSR count). The van der Waals surface area contributed by atoms with Crippen LogP contribution in [0.4, 0.5) is 11.6 Å². The lowest BCUT2D eigenvalue weighted by Gasteiger charge is -2.35. The number of nitrogens with zero attached hydrogens (tertiary/aromatic N) is 6. The molecule has 0 unspecified atom stereocenters. The molecule has 8 nitrogen and oxygen atoms in total. The van der Waals surface area contributed by atoms with Crippen molar-refractivity contribution in [2.45, 2.75) is 19.3 Å². The molecular formula is C21H24N6O2S. The molecule has 9 heteroatoms. The first-order valence-corrected chi connectivity index (χ1v) is 11.3. The predicted molar refractivity (Wildman–Crippen MR) is 116 cm³/mol. The highest BCUT2D eigenvalue weighted by atomic mass is 32.1. The maximum absolute atomic E-state index is 12.8. The Morgan fingerprint density at radius 1 is 0.933 bits per heavy atom. The molecule has 2 aliphatic rings. The van der Waals surface area contributed by atoms with Crippen molar-refractivity contribution in [1.29, 1.82) is 0 Å². The lowest BCUT2D eigenvalue weighted by atomic mass is 10.1. The fourth-order valence-electron chi connectivity index (χ4n) is 4.02. The van der Waals surface area contributed by atoms with E-state index in [1.54, 1.807) is 23.7 Å². The normalized spacial score (nSPS) is 17.4. The Balaban J connectivity index is 1.22. The second-order valence-electron chi connectivity index (χ2n) is 7.62. The first kappa shape index (κ1) is 19.0. The second kappa shape index (κ2) is 8.43. The predicted octanol–water partition coefficient (Wildman–Crippen LogP) is 3.15. The van der Waals surface area contributed by atoms with Crippen LogP contribution in [-0.2, 0) is 0 Å². The average molecular weight is 425 g/mol. The van der Waals surface area contributed by atoms with Gasteiger partial charge in [-0.05, 0) is 30.7 Å². The van der Waals surface area contributed by atoms with E-state index in [1.807, 2.05) is 22.4 Å². The molecule has 1 amide bonds. The van der Waals surface area contributed by atoms with Gasteiger partial charge >= 0.3 is 0 Å². The van der Waals surface area contributed by atoms with Crippen molar-refractivity contribution < 1.29 is 9.32 Å². The lowest BCUT2D eigenvalue weighted by molar-refractivity contribution is 0.0736. The zero-order valence-electron chi connectivity index (χ0n) is 16.7. The Morgan fingerprint density at radius 2 is 1.67 bits per heavy atom. The van der Waals surface area contributed by atoms with Crippen LogP contribution in [0.5, 0.6) is 0 Å². The molecule has 156 valence electrons. The fraction of sp³-hybridized carbons (Fsp3) is 0.429. The first-order valence-electron chi connectivity index (χ1n) is 10.4. The van der Waals surface area contributed by atoms with Crippen LogP contribution >= 0.6 is 11.3 Å². The summed E-state index contributed by atoms with van der Waals surface area (Å²) < 4.78 is 5.36. The van der Waals surface area contributed by atoms with Gasteiger partial charge in [0, 0.05) is 51.4 Å². The van der Waals surface area contributed by atoms with E-state index in [2.05, 4.69) is 31.0 Å². The van der Waals surface area contributed by atoms with E-state index in [4.69, 9.17) is 4.52 Å². The Kier molecular flexibility index (Phi) is 5.35. The van der Waals surface area contributed by atoms with Crippen molar-refractivity contribution >= 4 is 28.9 Å². The molecule has 0 bridgehead atoms. The number of thiophene rings is 1. The van der Waals surface area contributed by atoms with Crippen LogP contribution in [0.3, 0.4) is 0 Å². The van der Waals surface area contributed by atoms with Gasteiger partial charge in [0.2, 0.25) is 0 Å². The number of amides is 1. The van der Waals surface area contributed by atoms with Gasteiger partial charge in [0.25, 0.3) is 5.91 Å². The number of rotatable bonds is 4. The van der Waals surface area contributed by atoms with Crippen molar-refractivity contribution in [3.8, 4) is 10.6 Å². The van der Waals surface area contributed by atoms with Crippen molar-refractivity contribution in [2.24, 2.45) is 0 Å². The van der Waals surface area contributed by atoms with E-state index in [0.717, 1.165) is 42.7 Å². The Labute approximate surface area is 179 Å². The van der Waals surface area contributed by atoms with E-state index < -0.39 is 0 Å². The zero-order chi connectivity index (χ0) is 20.3. The molecule has 0 N–H and O–H groups in total. The maximum atomic E-state index is 12.8. The van der Waals surface area contributed by atoms with E-state index in [-0.39, 0.29) is 5.91 Å². The fourth-order valence-corrected chi connectivity index (χ4v) is 4.69. The monoisotopic (exact) mass is 424 g/mol.